The Morgan fingerprint density at radius 2 is 1.90 bits per heavy atom. The molecule has 0 saturated heterocycles. The van der Waals surface area contributed by atoms with Gasteiger partial charge in [0.05, 0.1) is 24.0 Å². The van der Waals surface area contributed by atoms with Crippen LogP contribution in [0.15, 0.2) is 65.3 Å². The van der Waals surface area contributed by atoms with E-state index in [-0.39, 0.29) is 0 Å². The predicted octanol–water partition coefficient (Wildman–Crippen LogP) is 4.17. The van der Waals surface area contributed by atoms with Crippen LogP contribution in [0.3, 0.4) is 0 Å². The summed E-state index contributed by atoms with van der Waals surface area (Å²) in [5.74, 6) is 0. The lowest BCUT2D eigenvalue weighted by molar-refractivity contribution is 0.112. The molecule has 0 atom stereocenters. The molecule has 0 unspecified atom stereocenters. The molecule has 0 saturated carbocycles. The van der Waals surface area contributed by atoms with E-state index in [4.69, 9.17) is 0 Å². The van der Waals surface area contributed by atoms with Gasteiger partial charge in [0.25, 0.3) is 0 Å². The van der Waals surface area contributed by atoms with Crippen molar-refractivity contribution in [1.82, 2.24) is 9.78 Å². The third-order valence-corrected chi connectivity index (χ3v) is 3.76. The van der Waals surface area contributed by atoms with E-state index in [0.717, 1.165) is 27.6 Å². The number of hydrogen-bond donors (Lipinski definition) is 0. The van der Waals surface area contributed by atoms with Crippen LogP contribution in [0.2, 0.25) is 0 Å². The minimum Gasteiger partial charge on any atom is -0.298 e. The van der Waals surface area contributed by atoms with Crippen LogP contribution >= 0.6 is 15.9 Å². The fraction of sp³-hybridized carbons (Fsp3) is 0.0588. The Bertz CT molecular complexity index is 765. The fourth-order valence-corrected chi connectivity index (χ4v) is 2.77. The van der Waals surface area contributed by atoms with E-state index in [2.05, 4.69) is 27.1 Å². The van der Waals surface area contributed by atoms with Gasteiger partial charge in [0.15, 0.2) is 6.29 Å². The second kappa shape index (κ2) is 6.06. The number of halogens is 1. The first-order chi connectivity index (χ1) is 10.3. The van der Waals surface area contributed by atoms with Crippen LogP contribution in [-0.4, -0.2) is 16.1 Å². The molecule has 0 fully saturated rings. The van der Waals surface area contributed by atoms with E-state index in [9.17, 15) is 4.79 Å². The highest BCUT2D eigenvalue weighted by Gasteiger charge is 2.12. The van der Waals surface area contributed by atoms with Crippen LogP contribution < -0.4 is 0 Å². The molecule has 0 amide bonds. The zero-order valence-corrected chi connectivity index (χ0v) is 12.8. The van der Waals surface area contributed by atoms with Crippen molar-refractivity contribution >= 4 is 22.2 Å². The number of benzene rings is 2. The van der Waals surface area contributed by atoms with Crippen molar-refractivity contribution in [1.29, 1.82) is 0 Å². The summed E-state index contributed by atoms with van der Waals surface area (Å²) in [5.41, 5.74) is 3.58. The Hall–Kier alpha value is -2.20. The summed E-state index contributed by atoms with van der Waals surface area (Å²) in [6, 6.07) is 17.9. The number of nitrogens with zero attached hydrogens (tertiary/aromatic N) is 2. The van der Waals surface area contributed by atoms with Crippen LogP contribution in [0, 0.1) is 0 Å². The van der Waals surface area contributed by atoms with Gasteiger partial charge in [-0.1, -0.05) is 58.4 Å². The molecule has 4 heteroatoms. The zero-order chi connectivity index (χ0) is 14.7. The van der Waals surface area contributed by atoms with Crippen LogP contribution in [0.5, 0.6) is 0 Å². The van der Waals surface area contributed by atoms with Crippen molar-refractivity contribution in [3.05, 3.63) is 76.4 Å². The molecule has 0 N–H and O–H groups in total. The highest BCUT2D eigenvalue weighted by Crippen LogP contribution is 2.23. The van der Waals surface area contributed by atoms with Crippen molar-refractivity contribution in [2.75, 3.05) is 0 Å². The molecule has 1 aromatic heterocycles. The third-order valence-electron chi connectivity index (χ3n) is 3.26. The molecule has 0 aliphatic heterocycles. The van der Waals surface area contributed by atoms with Gasteiger partial charge in [-0.15, -0.1) is 0 Å². The minimum atomic E-state index is 0.608. The molecule has 0 bridgehead atoms. The third kappa shape index (κ3) is 2.95. The number of hydrogen-bond acceptors (Lipinski definition) is 2. The average Bonchev–Trinajstić information content (AvgIpc) is 2.91. The summed E-state index contributed by atoms with van der Waals surface area (Å²) in [6.45, 7) is 0.623. The standard InChI is InChI=1S/C17H13BrN2O/c18-16-8-4-5-13(9-16)11-20-17(15(12-21)10-19-20)14-6-2-1-3-7-14/h1-10,12H,11H2. The number of rotatable bonds is 4. The number of carbonyl (C=O) groups is 1. The van der Waals surface area contributed by atoms with Gasteiger partial charge >= 0.3 is 0 Å². The smallest absolute Gasteiger partial charge is 0.153 e. The molecular formula is C17H13BrN2O. The lowest BCUT2D eigenvalue weighted by Gasteiger charge is -2.09. The minimum absolute atomic E-state index is 0.608. The van der Waals surface area contributed by atoms with Gasteiger partial charge in [-0.05, 0) is 17.7 Å². The Kier molecular flexibility index (Phi) is 3.97. The molecular weight excluding hydrogens is 328 g/mol. The predicted molar refractivity (Wildman–Crippen MR) is 86.3 cm³/mol. The number of aromatic nitrogens is 2. The van der Waals surface area contributed by atoms with E-state index in [1.165, 1.54) is 0 Å². The summed E-state index contributed by atoms with van der Waals surface area (Å²) in [7, 11) is 0. The van der Waals surface area contributed by atoms with Crippen molar-refractivity contribution < 1.29 is 4.79 Å². The quantitative estimate of drug-likeness (QED) is 0.668. The average molecular weight is 341 g/mol. The van der Waals surface area contributed by atoms with E-state index in [1.54, 1.807) is 6.20 Å². The highest BCUT2D eigenvalue weighted by atomic mass is 79.9. The molecule has 3 rings (SSSR count). The van der Waals surface area contributed by atoms with Crippen molar-refractivity contribution in [2.24, 2.45) is 0 Å². The Balaban J connectivity index is 2.04. The first kappa shape index (κ1) is 13.8. The number of aldehydes is 1. The van der Waals surface area contributed by atoms with Gasteiger partial charge in [-0.2, -0.15) is 5.10 Å². The number of carbonyl (C=O) groups excluding carboxylic acids is 1. The molecule has 104 valence electrons. The Morgan fingerprint density at radius 3 is 2.62 bits per heavy atom. The topological polar surface area (TPSA) is 34.9 Å². The maximum Gasteiger partial charge on any atom is 0.153 e. The van der Waals surface area contributed by atoms with E-state index >= 15 is 0 Å². The summed E-state index contributed by atoms with van der Waals surface area (Å²) in [6.07, 6.45) is 2.47. The summed E-state index contributed by atoms with van der Waals surface area (Å²) < 4.78 is 2.89. The van der Waals surface area contributed by atoms with Gasteiger partial charge in [0, 0.05) is 10.0 Å². The van der Waals surface area contributed by atoms with Gasteiger partial charge in [0.1, 0.15) is 0 Å². The maximum atomic E-state index is 11.3. The second-order valence-corrected chi connectivity index (χ2v) is 5.64. The van der Waals surface area contributed by atoms with Crippen LogP contribution in [0.25, 0.3) is 11.3 Å². The maximum absolute atomic E-state index is 11.3. The van der Waals surface area contributed by atoms with Crippen molar-refractivity contribution in [2.45, 2.75) is 6.54 Å². The van der Waals surface area contributed by atoms with Gasteiger partial charge < -0.3 is 0 Å². The lowest BCUT2D eigenvalue weighted by atomic mass is 10.1. The molecule has 0 radical (unpaired) electrons. The first-order valence-electron chi connectivity index (χ1n) is 6.59. The Morgan fingerprint density at radius 1 is 1.10 bits per heavy atom. The molecule has 0 aliphatic carbocycles. The van der Waals surface area contributed by atoms with Crippen LogP contribution in [0.1, 0.15) is 15.9 Å². The zero-order valence-electron chi connectivity index (χ0n) is 11.2. The van der Waals surface area contributed by atoms with Gasteiger partial charge in [-0.3, -0.25) is 9.48 Å². The Labute approximate surface area is 131 Å². The molecule has 21 heavy (non-hydrogen) atoms. The molecule has 0 spiro atoms. The fourth-order valence-electron chi connectivity index (χ4n) is 2.33. The van der Waals surface area contributed by atoms with Crippen LogP contribution in [0.4, 0.5) is 0 Å². The van der Waals surface area contributed by atoms with Gasteiger partial charge in [0.2, 0.25) is 0 Å². The second-order valence-electron chi connectivity index (χ2n) is 4.72. The van der Waals surface area contributed by atoms with Crippen LogP contribution in [-0.2, 0) is 6.54 Å². The molecule has 0 aliphatic rings. The lowest BCUT2D eigenvalue weighted by Crippen LogP contribution is -2.04. The van der Waals surface area contributed by atoms with E-state index < -0.39 is 0 Å². The first-order valence-corrected chi connectivity index (χ1v) is 7.38. The van der Waals surface area contributed by atoms with Crippen molar-refractivity contribution in [3.63, 3.8) is 0 Å². The van der Waals surface area contributed by atoms with E-state index in [0.29, 0.717) is 12.1 Å². The largest absolute Gasteiger partial charge is 0.298 e. The van der Waals surface area contributed by atoms with Gasteiger partial charge in [-0.25, -0.2) is 0 Å². The summed E-state index contributed by atoms with van der Waals surface area (Å²) in [4.78, 5) is 11.3. The molecule has 3 nitrogen and oxygen atoms in total. The normalized spacial score (nSPS) is 10.5. The SMILES string of the molecule is O=Cc1cnn(Cc2cccc(Br)c2)c1-c1ccccc1. The molecule has 1 heterocycles. The summed E-state index contributed by atoms with van der Waals surface area (Å²) >= 11 is 3.47. The van der Waals surface area contributed by atoms with Crippen molar-refractivity contribution in [3.8, 4) is 11.3 Å². The monoisotopic (exact) mass is 340 g/mol. The highest BCUT2D eigenvalue weighted by molar-refractivity contribution is 9.10. The molecule has 3 aromatic rings. The summed E-state index contributed by atoms with van der Waals surface area (Å²) in [5, 5.41) is 4.36. The van der Waals surface area contributed by atoms with E-state index in [1.807, 2.05) is 53.2 Å². The molecule has 2 aromatic carbocycles.